The van der Waals surface area contributed by atoms with Crippen molar-refractivity contribution in [1.82, 2.24) is 24.6 Å². The molecule has 1 aliphatic carbocycles. The predicted octanol–water partition coefficient (Wildman–Crippen LogP) is 2.77. The van der Waals surface area contributed by atoms with Gasteiger partial charge in [0, 0.05) is 12.0 Å². The Hall–Kier alpha value is -3.71. The first kappa shape index (κ1) is 28.8. The van der Waals surface area contributed by atoms with Crippen LogP contribution in [-0.4, -0.2) is 62.2 Å². The minimum absolute atomic E-state index is 0.0434. The fourth-order valence-corrected chi connectivity index (χ4v) is 6.29. The van der Waals surface area contributed by atoms with Crippen LogP contribution in [0.5, 0.6) is 17.2 Å². The summed E-state index contributed by atoms with van der Waals surface area (Å²) in [6.07, 6.45) is 0.415. The zero-order chi connectivity index (χ0) is 29.5. The van der Waals surface area contributed by atoms with Gasteiger partial charge in [-0.3, -0.25) is 14.1 Å². The third-order valence-corrected chi connectivity index (χ3v) is 8.41. The number of esters is 1. The van der Waals surface area contributed by atoms with Gasteiger partial charge in [-0.05, 0) is 51.8 Å². The number of rotatable bonds is 10. The summed E-state index contributed by atoms with van der Waals surface area (Å²) < 4.78 is 43.2. The minimum Gasteiger partial charge on any atom is -0.462 e. The summed E-state index contributed by atoms with van der Waals surface area (Å²) in [6, 6.07) is 3.13. The lowest BCUT2D eigenvalue weighted by Gasteiger charge is -2.25. The molecule has 0 radical (unpaired) electrons. The summed E-state index contributed by atoms with van der Waals surface area (Å²) in [4.78, 5) is 36.0. The van der Waals surface area contributed by atoms with Gasteiger partial charge in [0.1, 0.15) is 17.6 Å². The van der Waals surface area contributed by atoms with E-state index < -0.39 is 37.8 Å². The molecule has 220 valence electrons. The molecule has 1 saturated carbocycles. The molecule has 0 unspecified atom stereocenters. The largest absolute Gasteiger partial charge is 0.462 e. The first-order chi connectivity index (χ1) is 19.4. The number of aromatic nitrogens is 4. The Morgan fingerprint density at radius 3 is 2.83 bits per heavy atom. The lowest BCUT2D eigenvalue weighted by molar-refractivity contribution is -0.149. The number of nitrogens with zero attached hydrogens (tertiary/aromatic N) is 3. The smallest absolute Gasteiger partial charge is 0.459 e. The average molecular weight is 590 g/mol. The second-order valence-electron chi connectivity index (χ2n) is 10.2. The van der Waals surface area contributed by atoms with Crippen molar-refractivity contribution in [1.29, 1.82) is 0 Å². The van der Waals surface area contributed by atoms with Gasteiger partial charge in [-0.25, -0.2) is 14.5 Å². The van der Waals surface area contributed by atoms with Crippen molar-refractivity contribution in [2.24, 2.45) is 5.92 Å². The first-order valence-corrected chi connectivity index (χ1v) is 14.6. The van der Waals surface area contributed by atoms with Crippen LogP contribution in [0.4, 0.5) is 0 Å². The molecule has 1 aromatic carbocycles. The average Bonchev–Trinajstić information content (AvgIpc) is 3.59. The Bertz CT molecular complexity index is 1590. The van der Waals surface area contributed by atoms with Gasteiger partial charge < -0.3 is 33.4 Å². The van der Waals surface area contributed by atoms with Crippen LogP contribution in [0.3, 0.4) is 0 Å². The van der Waals surface area contributed by atoms with Crippen molar-refractivity contribution in [3.05, 3.63) is 52.9 Å². The van der Waals surface area contributed by atoms with Crippen molar-refractivity contribution in [3.63, 3.8) is 0 Å². The number of fused-ring (bicyclic) bond motifs is 2. The molecule has 5 atom stereocenters. The number of carbonyl (C=O) groups is 1. The molecule has 1 fully saturated rings. The van der Waals surface area contributed by atoms with Crippen LogP contribution < -0.4 is 24.6 Å². The van der Waals surface area contributed by atoms with Crippen LogP contribution in [0.15, 0.2) is 41.5 Å². The van der Waals surface area contributed by atoms with Crippen LogP contribution in [0, 0.1) is 12.8 Å². The molecule has 0 saturated heterocycles. The Kier molecular flexibility index (Phi) is 7.93. The number of aryl methyl sites for hydroxylation is 1. The van der Waals surface area contributed by atoms with E-state index in [4.69, 9.17) is 23.3 Å². The number of imidazole rings is 1. The molecular weight excluding hydrogens is 557 g/mol. The van der Waals surface area contributed by atoms with Gasteiger partial charge in [0.15, 0.2) is 22.7 Å². The predicted molar refractivity (Wildman–Crippen MR) is 146 cm³/mol. The SMILES string of the molecule is C=C1[C@H](CO[P@](=O)(N[C@@H](C)C(=O)OC(C)C)Oc2ccc3c(c2)OCO3)[C@@H](O)C[C@@H]1n1cnc2c(=O)[nH]c(C)nc21. The summed E-state index contributed by atoms with van der Waals surface area (Å²) in [5.41, 5.74) is 0.735. The van der Waals surface area contributed by atoms with Crippen molar-refractivity contribution >= 4 is 24.9 Å². The van der Waals surface area contributed by atoms with Crippen LogP contribution >= 0.6 is 7.75 Å². The number of benzene rings is 1. The number of aromatic amines is 1. The number of aliphatic hydroxyl groups excluding tert-OH is 1. The van der Waals surface area contributed by atoms with Gasteiger partial charge in [0.05, 0.1) is 31.2 Å². The third-order valence-electron chi connectivity index (χ3n) is 6.77. The highest BCUT2D eigenvalue weighted by Gasteiger charge is 2.41. The maximum absolute atomic E-state index is 14.0. The fraction of sp³-hybridized carbons (Fsp3) is 0.462. The van der Waals surface area contributed by atoms with E-state index in [1.54, 1.807) is 31.4 Å². The summed E-state index contributed by atoms with van der Waals surface area (Å²) in [5, 5.41) is 13.6. The van der Waals surface area contributed by atoms with E-state index in [0.29, 0.717) is 28.5 Å². The molecule has 2 aromatic heterocycles. The van der Waals surface area contributed by atoms with Crippen LogP contribution in [0.1, 0.15) is 39.1 Å². The minimum atomic E-state index is -4.23. The Labute approximate surface area is 235 Å². The van der Waals surface area contributed by atoms with Crippen LogP contribution in [-0.2, 0) is 18.6 Å². The fourth-order valence-electron chi connectivity index (χ4n) is 4.78. The van der Waals surface area contributed by atoms with E-state index >= 15 is 0 Å². The molecule has 0 bridgehead atoms. The van der Waals surface area contributed by atoms with Gasteiger partial charge in [-0.2, -0.15) is 5.09 Å². The first-order valence-electron chi connectivity index (χ1n) is 13.1. The molecule has 3 heterocycles. The monoisotopic (exact) mass is 589 g/mol. The quantitative estimate of drug-likeness (QED) is 0.179. The van der Waals surface area contributed by atoms with Gasteiger partial charge >= 0.3 is 13.7 Å². The van der Waals surface area contributed by atoms with E-state index in [1.165, 1.54) is 25.4 Å². The normalized spacial score (nSPS) is 22.2. The van der Waals surface area contributed by atoms with Gasteiger partial charge in [0.2, 0.25) is 6.79 Å². The molecule has 0 amide bonds. The van der Waals surface area contributed by atoms with Crippen molar-refractivity contribution < 1.29 is 37.7 Å². The molecule has 41 heavy (non-hydrogen) atoms. The van der Waals surface area contributed by atoms with E-state index in [0.717, 1.165) is 0 Å². The Morgan fingerprint density at radius 1 is 1.32 bits per heavy atom. The molecule has 1 aliphatic heterocycles. The zero-order valence-corrected chi connectivity index (χ0v) is 23.9. The molecule has 0 spiro atoms. The molecule has 2 aliphatic rings. The van der Waals surface area contributed by atoms with Gasteiger partial charge in [0.25, 0.3) is 5.56 Å². The second-order valence-corrected chi connectivity index (χ2v) is 11.9. The summed E-state index contributed by atoms with van der Waals surface area (Å²) >= 11 is 0. The highest BCUT2D eigenvalue weighted by Crippen LogP contribution is 2.49. The maximum atomic E-state index is 14.0. The second kappa shape index (κ2) is 11.3. The maximum Gasteiger partial charge on any atom is 0.459 e. The van der Waals surface area contributed by atoms with Crippen molar-refractivity contribution in [2.45, 2.75) is 58.4 Å². The van der Waals surface area contributed by atoms with Crippen molar-refractivity contribution in [3.8, 4) is 17.2 Å². The van der Waals surface area contributed by atoms with Crippen LogP contribution in [0.2, 0.25) is 0 Å². The number of H-pyrrole nitrogens is 1. The molecule has 5 rings (SSSR count). The van der Waals surface area contributed by atoms with Gasteiger partial charge in [-0.15, -0.1) is 0 Å². The van der Waals surface area contributed by atoms with E-state index in [2.05, 4.69) is 26.6 Å². The summed E-state index contributed by atoms with van der Waals surface area (Å²) in [5.74, 6) is 0.173. The lowest BCUT2D eigenvalue weighted by atomic mass is 10.0. The molecule has 14 nitrogen and oxygen atoms in total. The topological polar surface area (TPSA) is 176 Å². The number of hydrogen-bond donors (Lipinski definition) is 3. The number of carbonyl (C=O) groups excluding carboxylic acids is 1. The molecule has 15 heteroatoms. The number of ether oxygens (including phenoxy) is 3. The summed E-state index contributed by atoms with van der Waals surface area (Å²) in [6.45, 7) is 10.5. The lowest BCUT2D eigenvalue weighted by Crippen LogP contribution is -2.36. The number of aliphatic hydroxyl groups is 1. The Balaban J connectivity index is 1.36. The highest BCUT2D eigenvalue weighted by atomic mass is 31.2. The highest BCUT2D eigenvalue weighted by molar-refractivity contribution is 7.52. The summed E-state index contributed by atoms with van der Waals surface area (Å²) in [7, 11) is -4.23. The van der Waals surface area contributed by atoms with E-state index in [1.807, 2.05) is 0 Å². The third kappa shape index (κ3) is 6.01. The van der Waals surface area contributed by atoms with E-state index in [9.17, 15) is 19.3 Å². The Morgan fingerprint density at radius 2 is 2.07 bits per heavy atom. The number of hydrogen-bond acceptors (Lipinski definition) is 11. The molecular formula is C26H32N5O9P. The van der Waals surface area contributed by atoms with Crippen LogP contribution in [0.25, 0.3) is 11.2 Å². The van der Waals surface area contributed by atoms with Gasteiger partial charge in [-0.1, -0.05) is 6.58 Å². The molecule has 3 aromatic rings. The zero-order valence-electron chi connectivity index (χ0n) is 23.0. The van der Waals surface area contributed by atoms with E-state index in [-0.39, 0.29) is 42.8 Å². The molecule has 3 N–H and O–H groups in total. The standard InChI is InChI=1S/C26H32N5O9P/c1-13(2)39-26(34)15(4)30-41(35,40-17-6-7-21-22(8-17)37-12-36-21)38-10-18-14(3)19(9-20(18)32)31-11-27-23-24(31)28-16(5)29-25(23)33/h6-8,11,13,15,18-20,32H,3,9-10,12H2,1-2,4-5H3,(H,30,35)(H,28,29,33)/t15-,18-,19-,20-,41+/m0/s1. The number of nitrogens with one attached hydrogen (secondary N) is 2. The van der Waals surface area contributed by atoms with Crippen molar-refractivity contribution in [2.75, 3.05) is 13.4 Å².